The third-order valence-corrected chi connectivity index (χ3v) is 4.40. The highest BCUT2D eigenvalue weighted by molar-refractivity contribution is 6.24. The van der Waals surface area contributed by atoms with Gasteiger partial charge in [0.1, 0.15) is 0 Å². The van der Waals surface area contributed by atoms with Crippen LogP contribution in [0.2, 0.25) is 0 Å². The Labute approximate surface area is 89.1 Å². The number of hydrogen-bond donors (Lipinski definition) is 0. The largest absolute Gasteiger partial charge is 0.119 e. The Bertz CT molecular complexity index is 138. The Morgan fingerprint density at radius 3 is 1.92 bits per heavy atom. The summed E-state index contributed by atoms with van der Waals surface area (Å²) in [7, 11) is 0. The van der Waals surface area contributed by atoms with Gasteiger partial charge in [-0.3, -0.25) is 0 Å². The zero-order chi connectivity index (χ0) is 10.6. The van der Waals surface area contributed by atoms with E-state index in [9.17, 15) is 0 Å². The molecule has 0 N–H and O–H groups in total. The van der Waals surface area contributed by atoms with Crippen LogP contribution in [0.1, 0.15) is 54.4 Å². The minimum atomic E-state index is -0.0470. The minimum Gasteiger partial charge on any atom is -0.119 e. The molecule has 0 aromatic heterocycles. The highest BCUT2D eigenvalue weighted by Gasteiger charge is 2.34. The van der Waals surface area contributed by atoms with E-state index in [2.05, 4.69) is 41.5 Å². The molecule has 0 amide bonds. The van der Waals surface area contributed by atoms with Gasteiger partial charge in [-0.05, 0) is 24.7 Å². The molecule has 0 rings (SSSR count). The van der Waals surface area contributed by atoms with Crippen molar-refractivity contribution in [3.8, 4) is 0 Å². The van der Waals surface area contributed by atoms with Crippen LogP contribution in [-0.2, 0) is 0 Å². The first-order chi connectivity index (χ1) is 5.84. The average molecular weight is 205 g/mol. The van der Waals surface area contributed by atoms with Crippen LogP contribution in [0.5, 0.6) is 0 Å². The molecule has 0 bridgehead atoms. The molecule has 0 nitrogen and oxygen atoms in total. The summed E-state index contributed by atoms with van der Waals surface area (Å²) in [5.74, 6) is 1.87. The summed E-state index contributed by atoms with van der Waals surface area (Å²) < 4.78 is 0. The van der Waals surface area contributed by atoms with Crippen molar-refractivity contribution in [2.45, 2.75) is 59.3 Å². The van der Waals surface area contributed by atoms with Gasteiger partial charge in [0, 0.05) is 4.87 Å². The van der Waals surface area contributed by atoms with E-state index in [4.69, 9.17) is 11.6 Å². The lowest BCUT2D eigenvalue weighted by molar-refractivity contribution is 0.239. The summed E-state index contributed by atoms with van der Waals surface area (Å²) in [6, 6.07) is 0. The van der Waals surface area contributed by atoms with Crippen LogP contribution >= 0.6 is 11.6 Å². The molecule has 13 heavy (non-hydrogen) atoms. The highest BCUT2D eigenvalue weighted by Crippen LogP contribution is 2.38. The molecule has 0 heterocycles. The van der Waals surface area contributed by atoms with Crippen molar-refractivity contribution in [3.63, 3.8) is 0 Å². The molecule has 0 aliphatic heterocycles. The fourth-order valence-corrected chi connectivity index (χ4v) is 2.00. The first-order valence-electron chi connectivity index (χ1n) is 5.52. The van der Waals surface area contributed by atoms with Gasteiger partial charge >= 0.3 is 0 Å². The van der Waals surface area contributed by atoms with Gasteiger partial charge in [0.25, 0.3) is 0 Å². The van der Waals surface area contributed by atoms with Gasteiger partial charge in [-0.1, -0.05) is 47.5 Å². The Balaban J connectivity index is 4.30. The van der Waals surface area contributed by atoms with Crippen LogP contribution in [0.25, 0.3) is 0 Å². The van der Waals surface area contributed by atoms with Crippen molar-refractivity contribution in [3.05, 3.63) is 0 Å². The lowest BCUT2D eigenvalue weighted by Crippen LogP contribution is -2.36. The van der Waals surface area contributed by atoms with Crippen molar-refractivity contribution in [1.29, 1.82) is 0 Å². The summed E-state index contributed by atoms with van der Waals surface area (Å²) in [5.41, 5.74) is 0. The maximum absolute atomic E-state index is 6.55. The first kappa shape index (κ1) is 13.3. The normalized spacial score (nSPS) is 21.2. The molecule has 0 aromatic rings. The quantitative estimate of drug-likeness (QED) is 0.569. The molecule has 0 fully saturated rings. The van der Waals surface area contributed by atoms with Gasteiger partial charge in [0.2, 0.25) is 0 Å². The van der Waals surface area contributed by atoms with Gasteiger partial charge in [-0.25, -0.2) is 0 Å². The van der Waals surface area contributed by atoms with Gasteiger partial charge in [0.15, 0.2) is 0 Å². The lowest BCUT2D eigenvalue weighted by atomic mass is 9.77. The van der Waals surface area contributed by atoms with Crippen LogP contribution < -0.4 is 0 Å². The number of halogens is 1. The molecule has 3 atom stereocenters. The zero-order valence-electron chi connectivity index (χ0n) is 10.0. The summed E-state index contributed by atoms with van der Waals surface area (Å²) in [4.78, 5) is -0.0470. The van der Waals surface area contributed by atoms with Gasteiger partial charge in [-0.2, -0.15) is 0 Å². The predicted molar refractivity (Wildman–Crippen MR) is 62.3 cm³/mol. The summed E-state index contributed by atoms with van der Waals surface area (Å²) in [6.07, 6.45) is 2.55. The standard InChI is InChI=1S/C12H25Cl/c1-7-8-10(4)11(5)12(6,13)9(2)3/h9-11H,7-8H2,1-6H3. The molecule has 0 radical (unpaired) electrons. The fraction of sp³-hybridized carbons (Fsp3) is 1.00. The number of alkyl halides is 1. The van der Waals surface area contributed by atoms with Gasteiger partial charge < -0.3 is 0 Å². The lowest BCUT2D eigenvalue weighted by Gasteiger charge is -2.37. The predicted octanol–water partition coefficient (Wildman–Crippen LogP) is 4.71. The molecule has 0 aliphatic rings. The van der Waals surface area contributed by atoms with Crippen molar-refractivity contribution in [2.75, 3.05) is 0 Å². The molecule has 0 saturated carbocycles. The van der Waals surface area contributed by atoms with Crippen LogP contribution in [0.3, 0.4) is 0 Å². The van der Waals surface area contributed by atoms with E-state index < -0.39 is 0 Å². The van der Waals surface area contributed by atoms with Crippen molar-refractivity contribution in [1.82, 2.24) is 0 Å². The van der Waals surface area contributed by atoms with Crippen LogP contribution in [0.15, 0.2) is 0 Å². The van der Waals surface area contributed by atoms with Crippen molar-refractivity contribution < 1.29 is 0 Å². The smallest absolute Gasteiger partial charge is 0.0469 e. The molecule has 0 aliphatic carbocycles. The molecule has 80 valence electrons. The van der Waals surface area contributed by atoms with E-state index in [0.717, 1.165) is 5.92 Å². The third-order valence-electron chi connectivity index (χ3n) is 3.62. The third kappa shape index (κ3) is 3.50. The molecule has 1 heteroatoms. The highest BCUT2D eigenvalue weighted by atomic mass is 35.5. The zero-order valence-corrected chi connectivity index (χ0v) is 10.8. The second-order valence-corrected chi connectivity index (χ2v) is 5.67. The molecule has 0 spiro atoms. The van der Waals surface area contributed by atoms with E-state index in [-0.39, 0.29) is 4.87 Å². The van der Waals surface area contributed by atoms with Gasteiger partial charge in [-0.15, -0.1) is 11.6 Å². The van der Waals surface area contributed by atoms with E-state index in [1.165, 1.54) is 12.8 Å². The maximum Gasteiger partial charge on any atom is 0.0469 e. The Hall–Kier alpha value is 0.290. The van der Waals surface area contributed by atoms with Crippen LogP contribution in [-0.4, -0.2) is 4.87 Å². The Morgan fingerprint density at radius 1 is 1.15 bits per heavy atom. The topological polar surface area (TPSA) is 0 Å². The Kier molecular flexibility index (Phi) is 5.36. The van der Waals surface area contributed by atoms with E-state index in [1.54, 1.807) is 0 Å². The summed E-state index contributed by atoms with van der Waals surface area (Å²) in [6.45, 7) is 13.4. The van der Waals surface area contributed by atoms with Gasteiger partial charge in [0.05, 0.1) is 0 Å². The second kappa shape index (κ2) is 5.24. The van der Waals surface area contributed by atoms with Crippen LogP contribution in [0.4, 0.5) is 0 Å². The fourth-order valence-electron chi connectivity index (χ4n) is 1.79. The van der Waals surface area contributed by atoms with Crippen molar-refractivity contribution >= 4 is 11.6 Å². The van der Waals surface area contributed by atoms with E-state index in [0.29, 0.717) is 11.8 Å². The molecular formula is C12H25Cl. The Morgan fingerprint density at radius 2 is 1.62 bits per heavy atom. The monoisotopic (exact) mass is 204 g/mol. The van der Waals surface area contributed by atoms with E-state index >= 15 is 0 Å². The first-order valence-corrected chi connectivity index (χ1v) is 5.90. The summed E-state index contributed by atoms with van der Waals surface area (Å²) in [5, 5.41) is 0. The van der Waals surface area contributed by atoms with Crippen molar-refractivity contribution in [2.24, 2.45) is 17.8 Å². The maximum atomic E-state index is 6.55. The van der Waals surface area contributed by atoms with E-state index in [1.807, 2.05) is 0 Å². The summed E-state index contributed by atoms with van der Waals surface area (Å²) >= 11 is 6.55. The molecule has 0 saturated heterocycles. The minimum absolute atomic E-state index is 0.0470. The van der Waals surface area contributed by atoms with Crippen LogP contribution in [0, 0.1) is 17.8 Å². The second-order valence-electron chi connectivity index (χ2n) is 4.86. The number of rotatable bonds is 5. The SMILES string of the molecule is CCCC(C)C(C)C(C)(Cl)C(C)C. The number of hydrogen-bond acceptors (Lipinski definition) is 0. The molecular weight excluding hydrogens is 180 g/mol. The average Bonchev–Trinajstić information content (AvgIpc) is 2.03. The molecule has 3 unspecified atom stereocenters. The molecule has 0 aromatic carbocycles.